The SMILES string of the molecule is CC[C@H](O)c1ccc(N(CCC#N)CCOC)cc1. The summed E-state index contributed by atoms with van der Waals surface area (Å²) in [5, 5.41) is 18.5. The van der Waals surface area contributed by atoms with Crippen molar-refractivity contribution in [1.29, 1.82) is 5.26 Å². The summed E-state index contributed by atoms with van der Waals surface area (Å²) in [5.41, 5.74) is 1.98. The molecule has 104 valence electrons. The first kappa shape index (κ1) is 15.5. The van der Waals surface area contributed by atoms with E-state index in [1.807, 2.05) is 31.2 Å². The fraction of sp³-hybridized carbons (Fsp3) is 0.533. The highest BCUT2D eigenvalue weighted by Gasteiger charge is 2.08. The Morgan fingerprint density at radius 1 is 1.32 bits per heavy atom. The highest BCUT2D eigenvalue weighted by molar-refractivity contribution is 5.48. The minimum Gasteiger partial charge on any atom is -0.388 e. The molecule has 0 fully saturated rings. The molecular weight excluding hydrogens is 240 g/mol. The van der Waals surface area contributed by atoms with Gasteiger partial charge in [-0.05, 0) is 24.1 Å². The normalized spacial score (nSPS) is 11.9. The molecule has 0 aliphatic rings. The standard InChI is InChI=1S/C15H22N2O2/c1-3-15(18)13-5-7-14(8-6-13)17(10-4-9-16)11-12-19-2/h5-8,15,18H,3-4,10-12H2,1-2H3/t15-/m0/s1. The van der Waals surface area contributed by atoms with E-state index in [2.05, 4.69) is 11.0 Å². The first-order valence-electron chi connectivity index (χ1n) is 6.61. The van der Waals surface area contributed by atoms with Gasteiger partial charge in [0.25, 0.3) is 0 Å². The first-order valence-corrected chi connectivity index (χ1v) is 6.61. The molecule has 0 aliphatic heterocycles. The molecule has 0 unspecified atom stereocenters. The zero-order chi connectivity index (χ0) is 14.1. The van der Waals surface area contributed by atoms with Gasteiger partial charge in [-0.15, -0.1) is 0 Å². The number of benzene rings is 1. The molecule has 0 aliphatic carbocycles. The van der Waals surface area contributed by atoms with Crippen LogP contribution in [0.4, 0.5) is 5.69 Å². The third-order valence-electron chi connectivity index (χ3n) is 3.09. The molecule has 1 aromatic rings. The van der Waals surface area contributed by atoms with Gasteiger partial charge in [0, 0.05) is 25.9 Å². The van der Waals surface area contributed by atoms with Crippen molar-refractivity contribution in [2.24, 2.45) is 0 Å². The van der Waals surface area contributed by atoms with Crippen LogP contribution < -0.4 is 4.90 Å². The summed E-state index contributed by atoms with van der Waals surface area (Å²) in [6.45, 7) is 4.03. The van der Waals surface area contributed by atoms with Crippen LogP contribution >= 0.6 is 0 Å². The number of anilines is 1. The van der Waals surface area contributed by atoms with E-state index in [-0.39, 0.29) is 0 Å². The van der Waals surface area contributed by atoms with Crippen LogP contribution in [0, 0.1) is 11.3 Å². The summed E-state index contributed by atoms with van der Waals surface area (Å²) in [6, 6.07) is 10.0. The minimum atomic E-state index is -0.402. The largest absolute Gasteiger partial charge is 0.388 e. The molecule has 0 radical (unpaired) electrons. The lowest BCUT2D eigenvalue weighted by atomic mass is 10.1. The van der Waals surface area contributed by atoms with Gasteiger partial charge in [0.1, 0.15) is 0 Å². The summed E-state index contributed by atoms with van der Waals surface area (Å²) >= 11 is 0. The lowest BCUT2D eigenvalue weighted by Gasteiger charge is -2.24. The van der Waals surface area contributed by atoms with Gasteiger partial charge in [0.15, 0.2) is 0 Å². The van der Waals surface area contributed by atoms with Crippen LogP contribution in [0.25, 0.3) is 0 Å². The van der Waals surface area contributed by atoms with E-state index in [1.165, 1.54) is 0 Å². The van der Waals surface area contributed by atoms with Crippen molar-refractivity contribution in [1.82, 2.24) is 0 Å². The zero-order valence-electron chi connectivity index (χ0n) is 11.7. The number of ether oxygens (including phenoxy) is 1. The van der Waals surface area contributed by atoms with Crippen LogP contribution in [-0.2, 0) is 4.74 Å². The number of nitrogens with zero attached hydrogens (tertiary/aromatic N) is 2. The predicted molar refractivity (Wildman–Crippen MR) is 76.0 cm³/mol. The fourth-order valence-corrected chi connectivity index (χ4v) is 1.90. The van der Waals surface area contributed by atoms with Crippen molar-refractivity contribution in [2.75, 3.05) is 31.7 Å². The molecule has 19 heavy (non-hydrogen) atoms. The molecular formula is C15H22N2O2. The minimum absolute atomic E-state index is 0.402. The second-order valence-corrected chi connectivity index (χ2v) is 4.40. The lowest BCUT2D eigenvalue weighted by molar-refractivity contribution is 0.173. The quantitative estimate of drug-likeness (QED) is 0.782. The van der Waals surface area contributed by atoms with Crippen molar-refractivity contribution >= 4 is 5.69 Å². The average Bonchev–Trinajstić information content (AvgIpc) is 2.47. The van der Waals surface area contributed by atoms with E-state index in [1.54, 1.807) is 7.11 Å². The number of nitriles is 1. The van der Waals surface area contributed by atoms with Gasteiger partial charge in [0.05, 0.1) is 25.2 Å². The Morgan fingerprint density at radius 3 is 2.53 bits per heavy atom. The highest BCUT2D eigenvalue weighted by Crippen LogP contribution is 2.21. The topological polar surface area (TPSA) is 56.5 Å². The lowest BCUT2D eigenvalue weighted by Crippen LogP contribution is -2.28. The summed E-state index contributed by atoms with van der Waals surface area (Å²) in [5.74, 6) is 0. The van der Waals surface area contributed by atoms with E-state index >= 15 is 0 Å². The molecule has 1 aromatic carbocycles. The third-order valence-corrected chi connectivity index (χ3v) is 3.09. The second-order valence-electron chi connectivity index (χ2n) is 4.40. The van der Waals surface area contributed by atoms with E-state index < -0.39 is 6.10 Å². The Kier molecular flexibility index (Phi) is 6.94. The molecule has 4 heteroatoms. The smallest absolute Gasteiger partial charge is 0.0787 e. The Balaban J connectivity index is 2.75. The van der Waals surface area contributed by atoms with E-state index in [4.69, 9.17) is 10.00 Å². The van der Waals surface area contributed by atoms with E-state index in [9.17, 15) is 5.11 Å². The van der Waals surface area contributed by atoms with Gasteiger partial charge in [-0.25, -0.2) is 0 Å². The van der Waals surface area contributed by atoms with Crippen LogP contribution in [0.2, 0.25) is 0 Å². The number of aliphatic hydroxyl groups excluding tert-OH is 1. The van der Waals surface area contributed by atoms with Crippen molar-refractivity contribution in [2.45, 2.75) is 25.9 Å². The van der Waals surface area contributed by atoms with Crippen LogP contribution in [0.3, 0.4) is 0 Å². The number of rotatable bonds is 8. The van der Waals surface area contributed by atoms with Gasteiger partial charge < -0.3 is 14.7 Å². The predicted octanol–water partition coefficient (Wildman–Crippen LogP) is 2.50. The molecule has 1 rings (SSSR count). The molecule has 0 spiro atoms. The van der Waals surface area contributed by atoms with Crippen molar-refractivity contribution in [3.63, 3.8) is 0 Å². The molecule has 4 nitrogen and oxygen atoms in total. The van der Waals surface area contributed by atoms with Gasteiger partial charge in [-0.1, -0.05) is 19.1 Å². The number of methoxy groups -OCH3 is 1. The number of hydrogen-bond acceptors (Lipinski definition) is 4. The molecule has 1 atom stereocenters. The van der Waals surface area contributed by atoms with Crippen LogP contribution in [0.1, 0.15) is 31.4 Å². The monoisotopic (exact) mass is 262 g/mol. The van der Waals surface area contributed by atoms with E-state index in [0.29, 0.717) is 26.0 Å². The molecule has 0 heterocycles. The number of aliphatic hydroxyl groups is 1. The molecule has 0 bridgehead atoms. The van der Waals surface area contributed by atoms with Crippen molar-refractivity contribution < 1.29 is 9.84 Å². The summed E-state index contributed by atoms with van der Waals surface area (Å²) in [4.78, 5) is 2.12. The average molecular weight is 262 g/mol. The van der Waals surface area contributed by atoms with Gasteiger partial charge in [-0.2, -0.15) is 5.26 Å². The Labute approximate surface area is 115 Å². The third kappa shape index (κ3) is 4.90. The highest BCUT2D eigenvalue weighted by atomic mass is 16.5. The fourth-order valence-electron chi connectivity index (χ4n) is 1.90. The van der Waals surface area contributed by atoms with E-state index in [0.717, 1.165) is 17.8 Å². The molecule has 0 aromatic heterocycles. The van der Waals surface area contributed by atoms with Crippen LogP contribution in [-0.4, -0.2) is 31.9 Å². The Morgan fingerprint density at radius 2 is 2.00 bits per heavy atom. The molecule has 0 saturated heterocycles. The van der Waals surface area contributed by atoms with Gasteiger partial charge >= 0.3 is 0 Å². The number of hydrogen-bond donors (Lipinski definition) is 1. The second kappa shape index (κ2) is 8.52. The zero-order valence-corrected chi connectivity index (χ0v) is 11.7. The van der Waals surface area contributed by atoms with Crippen molar-refractivity contribution in [3.8, 4) is 6.07 Å². The molecule has 1 N–H and O–H groups in total. The summed E-state index contributed by atoms with van der Waals surface area (Å²) in [7, 11) is 1.67. The summed E-state index contributed by atoms with van der Waals surface area (Å²) < 4.78 is 5.09. The van der Waals surface area contributed by atoms with Crippen LogP contribution in [0.15, 0.2) is 24.3 Å². The molecule has 0 saturated carbocycles. The maximum absolute atomic E-state index is 9.76. The molecule has 0 amide bonds. The Hall–Kier alpha value is -1.57. The first-order chi connectivity index (χ1) is 9.22. The van der Waals surface area contributed by atoms with Gasteiger partial charge in [0.2, 0.25) is 0 Å². The van der Waals surface area contributed by atoms with Crippen LogP contribution in [0.5, 0.6) is 0 Å². The maximum atomic E-state index is 9.76. The van der Waals surface area contributed by atoms with Gasteiger partial charge in [-0.3, -0.25) is 0 Å². The van der Waals surface area contributed by atoms with Crippen molar-refractivity contribution in [3.05, 3.63) is 29.8 Å². The summed E-state index contributed by atoms with van der Waals surface area (Å²) in [6.07, 6.45) is 0.796. The Bertz CT molecular complexity index is 398. The maximum Gasteiger partial charge on any atom is 0.0787 e.